The van der Waals surface area contributed by atoms with Crippen LogP contribution in [0, 0.1) is 0 Å². The van der Waals surface area contributed by atoms with Gasteiger partial charge in [-0.1, -0.05) is 48.5 Å². The molecule has 0 spiro atoms. The van der Waals surface area contributed by atoms with Gasteiger partial charge in [0.1, 0.15) is 12.2 Å². The van der Waals surface area contributed by atoms with Crippen molar-refractivity contribution in [1.29, 1.82) is 0 Å². The maximum absolute atomic E-state index is 12.5. The average molecular weight is 440 g/mol. The van der Waals surface area contributed by atoms with Gasteiger partial charge in [-0.05, 0) is 49.9 Å². The zero-order valence-electron chi connectivity index (χ0n) is 18.6. The second-order valence-electron chi connectivity index (χ2n) is 8.94. The molecule has 1 unspecified atom stereocenters. The minimum atomic E-state index is -1.78. The van der Waals surface area contributed by atoms with Crippen LogP contribution in [0.5, 0.6) is 0 Å². The van der Waals surface area contributed by atoms with Crippen LogP contribution in [0.15, 0.2) is 48.5 Å². The number of carbonyl (C=O) groups is 3. The van der Waals surface area contributed by atoms with E-state index in [0.717, 1.165) is 22.3 Å². The van der Waals surface area contributed by atoms with E-state index in [1.807, 2.05) is 48.5 Å². The number of hydrogen-bond donors (Lipinski definition) is 3. The van der Waals surface area contributed by atoms with E-state index in [4.69, 9.17) is 9.47 Å². The summed E-state index contributed by atoms with van der Waals surface area (Å²) in [5.41, 5.74) is 1.77. The third-order valence-corrected chi connectivity index (χ3v) is 5.18. The predicted octanol–water partition coefficient (Wildman–Crippen LogP) is 3.89. The maximum atomic E-state index is 12.5. The van der Waals surface area contributed by atoms with Gasteiger partial charge in [-0.3, -0.25) is 0 Å². The summed E-state index contributed by atoms with van der Waals surface area (Å²) < 4.78 is 10.5. The fourth-order valence-corrected chi connectivity index (χ4v) is 3.60. The Hall–Kier alpha value is -3.55. The molecule has 1 aliphatic rings. The van der Waals surface area contributed by atoms with Crippen molar-refractivity contribution in [2.75, 3.05) is 13.2 Å². The van der Waals surface area contributed by atoms with Crippen LogP contribution in [0.3, 0.4) is 0 Å². The largest absolute Gasteiger partial charge is 0.479 e. The van der Waals surface area contributed by atoms with Crippen molar-refractivity contribution in [3.63, 3.8) is 0 Å². The molecule has 2 amide bonds. The van der Waals surface area contributed by atoms with E-state index < -0.39 is 29.3 Å². The normalized spacial score (nSPS) is 14.5. The minimum absolute atomic E-state index is 0.0506. The molecule has 3 N–H and O–H groups in total. The first kappa shape index (κ1) is 23.1. The number of carboxylic acid groups (broad SMARTS) is 1. The van der Waals surface area contributed by atoms with Gasteiger partial charge in [0, 0.05) is 5.92 Å². The number of carboxylic acids is 1. The molecule has 170 valence electrons. The van der Waals surface area contributed by atoms with Crippen molar-refractivity contribution in [2.45, 2.75) is 44.8 Å². The van der Waals surface area contributed by atoms with E-state index in [0.29, 0.717) is 0 Å². The molecule has 0 saturated carbocycles. The fourth-order valence-electron chi connectivity index (χ4n) is 3.60. The zero-order chi connectivity index (χ0) is 23.5. The molecular weight excluding hydrogens is 412 g/mol. The number of aliphatic carboxylic acids is 1. The molecule has 0 fully saturated rings. The molecule has 2 aromatic rings. The number of fused-ring (bicyclic) bond motifs is 3. The lowest BCUT2D eigenvalue weighted by Crippen LogP contribution is -2.59. The standard InChI is InChI=1S/C24H28N2O6/c1-23(2,3)32-21(29)25-14-24(4,20(27)28)26-22(30)31-13-19-17-11-7-5-9-15(17)16-10-6-8-12-18(16)19/h5-12,19H,13-14H2,1-4H3,(H,25,29)(H,26,30)(H,27,28). The lowest BCUT2D eigenvalue weighted by atomic mass is 9.98. The van der Waals surface area contributed by atoms with Gasteiger partial charge in [-0.25, -0.2) is 14.4 Å². The minimum Gasteiger partial charge on any atom is -0.479 e. The van der Waals surface area contributed by atoms with Crippen LogP contribution in [0.25, 0.3) is 11.1 Å². The first-order valence-corrected chi connectivity index (χ1v) is 10.3. The molecule has 1 aliphatic carbocycles. The topological polar surface area (TPSA) is 114 Å². The van der Waals surface area contributed by atoms with Crippen LogP contribution >= 0.6 is 0 Å². The van der Waals surface area contributed by atoms with Crippen LogP contribution in [-0.4, -0.2) is 47.6 Å². The molecular formula is C24H28N2O6. The summed E-state index contributed by atoms with van der Waals surface area (Å²) in [7, 11) is 0. The summed E-state index contributed by atoms with van der Waals surface area (Å²) in [6, 6.07) is 15.8. The van der Waals surface area contributed by atoms with E-state index in [-0.39, 0.29) is 19.1 Å². The Morgan fingerprint density at radius 1 is 0.906 bits per heavy atom. The van der Waals surface area contributed by atoms with E-state index in [9.17, 15) is 19.5 Å². The van der Waals surface area contributed by atoms with Crippen LogP contribution in [0.2, 0.25) is 0 Å². The highest BCUT2D eigenvalue weighted by Crippen LogP contribution is 2.44. The summed E-state index contributed by atoms with van der Waals surface area (Å²) in [5, 5.41) is 14.3. The molecule has 0 heterocycles. The van der Waals surface area contributed by atoms with Gasteiger partial charge < -0.3 is 25.2 Å². The van der Waals surface area contributed by atoms with Gasteiger partial charge in [0.05, 0.1) is 6.54 Å². The quantitative estimate of drug-likeness (QED) is 0.628. The van der Waals surface area contributed by atoms with E-state index in [1.165, 1.54) is 6.92 Å². The van der Waals surface area contributed by atoms with Crippen LogP contribution in [0.1, 0.15) is 44.7 Å². The van der Waals surface area contributed by atoms with Crippen LogP contribution < -0.4 is 10.6 Å². The smallest absolute Gasteiger partial charge is 0.408 e. The van der Waals surface area contributed by atoms with Crippen molar-refractivity contribution in [3.8, 4) is 11.1 Å². The summed E-state index contributed by atoms with van der Waals surface area (Å²) in [6.45, 7) is 6.04. The molecule has 0 aromatic heterocycles. The Bertz CT molecular complexity index is 984. The van der Waals surface area contributed by atoms with Crippen molar-refractivity contribution in [1.82, 2.24) is 10.6 Å². The Kier molecular flexibility index (Phi) is 6.43. The fraction of sp³-hybridized carbons (Fsp3) is 0.375. The van der Waals surface area contributed by atoms with Crippen molar-refractivity contribution in [2.24, 2.45) is 0 Å². The number of nitrogens with one attached hydrogen (secondary N) is 2. The first-order valence-electron chi connectivity index (χ1n) is 10.3. The van der Waals surface area contributed by atoms with Crippen molar-refractivity contribution in [3.05, 3.63) is 59.7 Å². The third kappa shape index (κ3) is 5.19. The van der Waals surface area contributed by atoms with Crippen LogP contribution in [-0.2, 0) is 14.3 Å². The van der Waals surface area contributed by atoms with Crippen molar-refractivity contribution >= 4 is 18.2 Å². The number of carbonyl (C=O) groups excluding carboxylic acids is 2. The molecule has 1 atom stereocenters. The molecule has 0 saturated heterocycles. The van der Waals surface area contributed by atoms with Gasteiger partial charge in [0.2, 0.25) is 0 Å². The summed E-state index contributed by atoms with van der Waals surface area (Å²) in [6.07, 6.45) is -1.66. The number of hydrogen-bond acceptors (Lipinski definition) is 5. The number of rotatable bonds is 6. The molecule has 0 radical (unpaired) electrons. The highest BCUT2D eigenvalue weighted by atomic mass is 16.6. The molecule has 8 nitrogen and oxygen atoms in total. The second kappa shape index (κ2) is 8.90. The Labute approximate surface area is 186 Å². The highest BCUT2D eigenvalue weighted by Gasteiger charge is 2.37. The first-order chi connectivity index (χ1) is 15.0. The van der Waals surface area contributed by atoms with E-state index in [2.05, 4.69) is 10.6 Å². The molecule has 8 heteroatoms. The summed E-state index contributed by atoms with van der Waals surface area (Å²) in [4.78, 5) is 36.1. The summed E-state index contributed by atoms with van der Waals surface area (Å²) >= 11 is 0. The van der Waals surface area contributed by atoms with Gasteiger partial charge in [-0.15, -0.1) is 0 Å². The second-order valence-corrected chi connectivity index (χ2v) is 8.94. The maximum Gasteiger partial charge on any atom is 0.408 e. The number of alkyl carbamates (subject to hydrolysis) is 2. The predicted molar refractivity (Wildman–Crippen MR) is 118 cm³/mol. The Morgan fingerprint density at radius 3 is 1.94 bits per heavy atom. The molecule has 3 rings (SSSR count). The van der Waals surface area contributed by atoms with E-state index in [1.54, 1.807) is 20.8 Å². The van der Waals surface area contributed by atoms with Gasteiger partial charge >= 0.3 is 18.2 Å². The lowest BCUT2D eigenvalue weighted by Gasteiger charge is -2.27. The summed E-state index contributed by atoms with van der Waals surface area (Å²) in [5.74, 6) is -1.47. The number of amides is 2. The van der Waals surface area contributed by atoms with E-state index >= 15 is 0 Å². The Morgan fingerprint density at radius 2 is 1.44 bits per heavy atom. The number of ether oxygens (including phenoxy) is 2. The molecule has 32 heavy (non-hydrogen) atoms. The molecule has 2 aromatic carbocycles. The van der Waals surface area contributed by atoms with Crippen LogP contribution in [0.4, 0.5) is 9.59 Å². The zero-order valence-corrected chi connectivity index (χ0v) is 18.6. The molecule has 0 bridgehead atoms. The van der Waals surface area contributed by atoms with Gasteiger partial charge in [-0.2, -0.15) is 0 Å². The monoisotopic (exact) mass is 440 g/mol. The Balaban J connectivity index is 1.64. The van der Waals surface area contributed by atoms with Crippen molar-refractivity contribution < 1.29 is 29.0 Å². The SMILES string of the molecule is CC(C)(C)OC(=O)NCC(C)(NC(=O)OCC1c2ccccc2-c2ccccc21)C(=O)O. The third-order valence-electron chi connectivity index (χ3n) is 5.18. The van der Waals surface area contributed by atoms with Gasteiger partial charge in [0.15, 0.2) is 5.54 Å². The lowest BCUT2D eigenvalue weighted by molar-refractivity contribution is -0.143. The molecule has 0 aliphatic heterocycles. The van der Waals surface area contributed by atoms with Gasteiger partial charge in [0.25, 0.3) is 0 Å². The highest BCUT2D eigenvalue weighted by molar-refractivity contribution is 5.85. The average Bonchev–Trinajstić information content (AvgIpc) is 3.03. The number of benzene rings is 2.